The second kappa shape index (κ2) is 24.5. The average Bonchev–Trinajstić information content (AvgIpc) is 3.32. The smallest absolute Gasteiger partial charge is 0.320 e. The third-order valence-corrected chi connectivity index (χ3v) is 14.1. The molecule has 0 bridgehead atoms. The van der Waals surface area contributed by atoms with Gasteiger partial charge >= 0.3 is 12.1 Å². The maximum absolute atomic E-state index is 13.0. The van der Waals surface area contributed by atoms with Crippen molar-refractivity contribution in [3.63, 3.8) is 0 Å². The molecule has 1 N–H and O–H groups in total. The molecule has 4 amide bonds. The van der Waals surface area contributed by atoms with E-state index >= 15 is 0 Å². The topological polar surface area (TPSA) is 74.4 Å². The summed E-state index contributed by atoms with van der Waals surface area (Å²) in [5.41, 5.74) is 4.79. The van der Waals surface area contributed by atoms with Crippen molar-refractivity contribution in [1.29, 1.82) is 0 Å². The fraction of sp³-hybridized carbons (Fsp3) is 0.385. The van der Waals surface area contributed by atoms with Crippen molar-refractivity contribution in [2.75, 3.05) is 33.2 Å². The maximum Gasteiger partial charge on any atom is 0.320 e. The van der Waals surface area contributed by atoms with Gasteiger partial charge in [-0.2, -0.15) is 0 Å². The summed E-state index contributed by atoms with van der Waals surface area (Å²) in [6.45, 7) is 3.24. The number of carbonyl (C=O) groups excluding carboxylic acids is 2. The average molecular weight is 1010 g/mol. The number of urea groups is 2. The SMILES string of the molecule is CN(Cc1ccccc1)C(=O)N1CCC(OC(c2ccc(Cl)cc2)c2ccc(Cl)cc2Cl)CC1.O=C(NC1CCCCC1)N1CCC(OC(c2ccc(Cl)cc2)c2ccc(Cl)cc2Cl)CC1. The molecule has 2 aliphatic heterocycles. The van der Waals surface area contributed by atoms with E-state index in [-0.39, 0.29) is 36.5 Å². The zero-order chi connectivity index (χ0) is 46.6. The molecule has 0 radical (unpaired) electrons. The summed E-state index contributed by atoms with van der Waals surface area (Å²) >= 11 is 37.5. The fourth-order valence-electron chi connectivity index (χ4n) is 8.81. The molecule has 3 fully saturated rings. The Kier molecular flexibility index (Phi) is 18.7. The van der Waals surface area contributed by atoms with Crippen molar-refractivity contribution in [2.24, 2.45) is 0 Å². The van der Waals surface area contributed by atoms with Gasteiger partial charge in [0.2, 0.25) is 0 Å². The molecule has 2 unspecified atom stereocenters. The number of nitrogens with one attached hydrogen (secondary N) is 1. The van der Waals surface area contributed by atoms with Crippen LogP contribution in [0.4, 0.5) is 9.59 Å². The Balaban J connectivity index is 0.000000197. The van der Waals surface area contributed by atoms with Crippen molar-refractivity contribution in [1.82, 2.24) is 20.0 Å². The number of halogens is 6. The summed E-state index contributed by atoms with van der Waals surface area (Å²) in [6, 6.07) is 36.6. The molecule has 3 aliphatic rings. The molecule has 1 aliphatic carbocycles. The van der Waals surface area contributed by atoms with Crippen molar-refractivity contribution in [3.8, 4) is 0 Å². The van der Waals surface area contributed by atoms with Crippen molar-refractivity contribution < 1.29 is 19.1 Å². The summed E-state index contributed by atoms with van der Waals surface area (Å²) in [6.07, 6.45) is 8.30. The van der Waals surface area contributed by atoms with Crippen LogP contribution in [0.5, 0.6) is 0 Å². The number of benzene rings is 5. The number of likely N-dealkylation sites (tertiary alicyclic amines) is 2. The molecule has 5 aromatic rings. The van der Waals surface area contributed by atoms with Gasteiger partial charge in [0.05, 0.1) is 12.2 Å². The molecule has 66 heavy (non-hydrogen) atoms. The Morgan fingerprint density at radius 1 is 0.576 bits per heavy atom. The summed E-state index contributed by atoms with van der Waals surface area (Å²) in [7, 11) is 1.84. The van der Waals surface area contributed by atoms with Gasteiger partial charge in [-0.1, -0.05) is 156 Å². The van der Waals surface area contributed by atoms with E-state index in [1.165, 1.54) is 19.3 Å². The van der Waals surface area contributed by atoms with E-state index in [0.29, 0.717) is 68.9 Å². The summed E-state index contributed by atoms with van der Waals surface area (Å²) in [5, 5.41) is 6.85. The number of ether oxygens (including phenoxy) is 2. The van der Waals surface area contributed by atoms with Gasteiger partial charge < -0.3 is 29.5 Å². The monoisotopic (exact) mass is 1010 g/mol. The van der Waals surface area contributed by atoms with Gasteiger partial charge in [-0.15, -0.1) is 0 Å². The Morgan fingerprint density at radius 2 is 1.02 bits per heavy atom. The van der Waals surface area contributed by atoms with Gasteiger partial charge in [0, 0.05) is 87.1 Å². The van der Waals surface area contributed by atoms with E-state index in [1.807, 2.05) is 120 Å². The van der Waals surface area contributed by atoms with Crippen LogP contribution in [-0.4, -0.2) is 78.2 Å². The van der Waals surface area contributed by atoms with Crippen LogP contribution >= 0.6 is 69.6 Å². The first-order chi connectivity index (χ1) is 31.9. The molecule has 14 heteroatoms. The standard InChI is InChI=1S/C27H27Cl3N2O2.C25H29Cl3N2O2/c1-31(18-19-5-3-2-4-6-19)27(33)32-15-13-23(14-16-32)34-26(20-7-9-21(28)10-8-20)24-12-11-22(29)17-25(24)30;26-18-8-6-17(7-9-18)24(22-11-10-19(27)16-23(22)28)32-21-12-14-30(15-13-21)25(31)29-20-4-2-1-3-5-20/h2-12,17,23,26H,13-16,18H2,1H3;6-11,16,20-21,24H,1-5,12-15H2,(H,29,31). The first-order valence-corrected chi connectivity index (χ1v) is 25.0. The minimum absolute atomic E-state index is 0.00379. The van der Waals surface area contributed by atoms with Crippen molar-refractivity contribution >= 4 is 81.7 Å². The van der Waals surface area contributed by atoms with Gasteiger partial charge in [0.15, 0.2) is 0 Å². The normalized spacial score (nSPS) is 17.1. The first kappa shape index (κ1) is 50.2. The Hall–Kier alpha value is -3.70. The zero-order valence-corrected chi connectivity index (χ0v) is 41.5. The molecule has 8 nitrogen and oxygen atoms in total. The van der Waals surface area contributed by atoms with E-state index in [2.05, 4.69) is 5.32 Å². The molecular formula is C52H56Cl6N4O4. The number of nitrogens with zero attached hydrogens (tertiary/aromatic N) is 3. The van der Waals surface area contributed by atoms with E-state index in [0.717, 1.165) is 66.3 Å². The molecule has 0 spiro atoms. The molecule has 8 rings (SSSR count). The lowest BCUT2D eigenvalue weighted by Gasteiger charge is -2.36. The van der Waals surface area contributed by atoms with Crippen LogP contribution in [0.1, 0.15) is 97.8 Å². The van der Waals surface area contributed by atoms with Crippen LogP contribution in [-0.2, 0) is 16.0 Å². The molecular weight excluding hydrogens is 957 g/mol. The summed E-state index contributed by atoms with van der Waals surface area (Å²) < 4.78 is 13.2. The largest absolute Gasteiger partial charge is 0.365 e. The van der Waals surface area contributed by atoms with Crippen LogP contribution in [0, 0.1) is 0 Å². The molecule has 2 atom stereocenters. The van der Waals surface area contributed by atoms with Crippen molar-refractivity contribution in [3.05, 3.63) is 173 Å². The molecule has 2 saturated heterocycles. The lowest BCUT2D eigenvalue weighted by Crippen LogP contribution is -2.49. The van der Waals surface area contributed by atoms with Gasteiger partial charge in [0.1, 0.15) is 12.2 Å². The van der Waals surface area contributed by atoms with E-state index < -0.39 is 0 Å². The summed E-state index contributed by atoms with van der Waals surface area (Å²) in [5.74, 6) is 0. The lowest BCUT2D eigenvalue weighted by molar-refractivity contribution is -0.0228. The van der Waals surface area contributed by atoms with Crippen LogP contribution in [0.3, 0.4) is 0 Å². The predicted molar refractivity (Wildman–Crippen MR) is 270 cm³/mol. The first-order valence-electron chi connectivity index (χ1n) is 22.7. The highest BCUT2D eigenvalue weighted by Gasteiger charge is 2.31. The highest BCUT2D eigenvalue weighted by Crippen LogP contribution is 2.38. The molecule has 0 aromatic heterocycles. The minimum Gasteiger partial charge on any atom is -0.365 e. The molecule has 5 aromatic carbocycles. The number of hydrogen-bond donors (Lipinski definition) is 1. The maximum atomic E-state index is 13.0. The Bertz CT molecular complexity index is 2340. The number of amides is 4. The van der Waals surface area contributed by atoms with Crippen LogP contribution in [0.2, 0.25) is 30.1 Å². The predicted octanol–water partition coefficient (Wildman–Crippen LogP) is 14.7. The van der Waals surface area contributed by atoms with Gasteiger partial charge in [-0.3, -0.25) is 0 Å². The number of carbonyl (C=O) groups is 2. The van der Waals surface area contributed by atoms with E-state index in [4.69, 9.17) is 79.1 Å². The van der Waals surface area contributed by atoms with Gasteiger partial charge in [0.25, 0.3) is 0 Å². The van der Waals surface area contributed by atoms with Crippen LogP contribution in [0.25, 0.3) is 0 Å². The van der Waals surface area contributed by atoms with Crippen molar-refractivity contribution in [2.45, 2.75) is 94.8 Å². The van der Waals surface area contributed by atoms with Crippen LogP contribution < -0.4 is 5.32 Å². The van der Waals surface area contributed by atoms with Gasteiger partial charge in [-0.25, -0.2) is 9.59 Å². The highest BCUT2D eigenvalue weighted by molar-refractivity contribution is 6.35. The number of rotatable bonds is 11. The molecule has 1 saturated carbocycles. The van der Waals surface area contributed by atoms with Gasteiger partial charge in [-0.05, 0) is 104 Å². The number of hydrogen-bond acceptors (Lipinski definition) is 4. The minimum atomic E-state index is -0.352. The highest BCUT2D eigenvalue weighted by atomic mass is 35.5. The third kappa shape index (κ3) is 14.2. The second-order valence-corrected chi connectivity index (χ2v) is 19.8. The second-order valence-electron chi connectivity index (χ2n) is 17.2. The van der Waals surface area contributed by atoms with Crippen LogP contribution in [0.15, 0.2) is 115 Å². The lowest BCUT2D eigenvalue weighted by atomic mass is 9.95. The third-order valence-electron chi connectivity index (χ3n) is 12.5. The fourth-order valence-corrected chi connectivity index (χ4v) is 10.1. The molecule has 2 heterocycles. The molecule has 350 valence electrons. The Labute approximate surface area is 419 Å². The van der Waals surface area contributed by atoms with E-state index in [9.17, 15) is 9.59 Å². The zero-order valence-electron chi connectivity index (χ0n) is 37.0. The van der Waals surface area contributed by atoms with E-state index in [1.54, 1.807) is 17.0 Å². The summed E-state index contributed by atoms with van der Waals surface area (Å²) in [4.78, 5) is 31.2. The quantitative estimate of drug-likeness (QED) is 0.143. The number of piperidine rings is 2. The Morgan fingerprint density at radius 3 is 1.47 bits per heavy atom.